The number of hydrogen-bond donors (Lipinski definition) is 1. The number of anilines is 2. The summed E-state index contributed by atoms with van der Waals surface area (Å²) in [5, 5.41) is 11.9. The van der Waals surface area contributed by atoms with Crippen LogP contribution in [-0.2, 0) is 11.4 Å². The average molecular weight is 430 g/mol. The minimum Gasteiger partial charge on any atom is -0.489 e. The molecule has 0 bridgehead atoms. The second-order valence-corrected chi connectivity index (χ2v) is 7.71. The lowest BCUT2D eigenvalue weighted by atomic mass is 9.95. The number of aromatic nitrogens is 1. The van der Waals surface area contributed by atoms with Crippen LogP contribution in [0.5, 0.6) is 5.75 Å². The van der Waals surface area contributed by atoms with Crippen LogP contribution in [0.2, 0.25) is 0 Å². The van der Waals surface area contributed by atoms with Crippen LogP contribution in [-0.4, -0.2) is 24.0 Å². The third kappa shape index (κ3) is 5.41. The molecule has 3 aromatic rings. The molecule has 1 fully saturated rings. The number of amides is 1. The SMILES string of the molecule is N#Cc1ccc(N2CCC(C(=O)Nc3cccc(COc4cccc(F)c4)c3)CC2)nc1. The van der Waals surface area contributed by atoms with Gasteiger partial charge in [0.25, 0.3) is 0 Å². The summed E-state index contributed by atoms with van der Waals surface area (Å²) in [4.78, 5) is 19.2. The van der Waals surface area contributed by atoms with Gasteiger partial charge in [0.05, 0.1) is 5.56 Å². The number of carbonyl (C=O) groups is 1. The molecule has 0 radical (unpaired) electrons. The molecule has 6 nitrogen and oxygen atoms in total. The number of hydrogen-bond acceptors (Lipinski definition) is 5. The maximum atomic E-state index is 13.3. The van der Waals surface area contributed by atoms with Crippen LogP contribution in [0.15, 0.2) is 66.9 Å². The predicted octanol–water partition coefficient (Wildman–Crippen LogP) is 4.53. The van der Waals surface area contributed by atoms with Crippen molar-refractivity contribution in [2.24, 2.45) is 5.92 Å². The second kappa shape index (κ2) is 9.92. The molecule has 1 amide bonds. The highest BCUT2D eigenvalue weighted by molar-refractivity contribution is 5.92. The Morgan fingerprint density at radius 3 is 2.69 bits per heavy atom. The minimum atomic E-state index is -0.343. The molecule has 2 heterocycles. The van der Waals surface area contributed by atoms with Gasteiger partial charge in [0.15, 0.2) is 0 Å². The molecule has 162 valence electrons. The highest BCUT2D eigenvalue weighted by Crippen LogP contribution is 2.24. The van der Waals surface area contributed by atoms with Gasteiger partial charge in [0.2, 0.25) is 5.91 Å². The number of rotatable bonds is 6. The molecular weight excluding hydrogens is 407 g/mol. The topological polar surface area (TPSA) is 78.2 Å². The first-order valence-corrected chi connectivity index (χ1v) is 10.5. The summed E-state index contributed by atoms with van der Waals surface area (Å²) in [5.74, 6) is 0.874. The number of ether oxygens (including phenoxy) is 1. The Hall–Kier alpha value is -3.92. The smallest absolute Gasteiger partial charge is 0.227 e. The predicted molar refractivity (Wildman–Crippen MR) is 120 cm³/mol. The summed E-state index contributed by atoms with van der Waals surface area (Å²) in [6.45, 7) is 1.75. The summed E-state index contributed by atoms with van der Waals surface area (Å²) in [6.07, 6.45) is 3.03. The third-order valence-electron chi connectivity index (χ3n) is 5.46. The first-order valence-electron chi connectivity index (χ1n) is 10.5. The van der Waals surface area contributed by atoms with Crippen molar-refractivity contribution in [1.82, 2.24) is 4.98 Å². The Kier molecular flexibility index (Phi) is 6.61. The largest absolute Gasteiger partial charge is 0.489 e. The normalized spacial score (nSPS) is 13.9. The van der Waals surface area contributed by atoms with Crippen molar-refractivity contribution in [2.75, 3.05) is 23.3 Å². The van der Waals surface area contributed by atoms with Crippen LogP contribution >= 0.6 is 0 Å². The molecule has 0 aliphatic carbocycles. The van der Waals surface area contributed by atoms with Gasteiger partial charge in [-0.15, -0.1) is 0 Å². The van der Waals surface area contributed by atoms with E-state index in [-0.39, 0.29) is 24.2 Å². The van der Waals surface area contributed by atoms with E-state index in [1.165, 1.54) is 12.1 Å². The average Bonchev–Trinajstić information content (AvgIpc) is 2.83. The van der Waals surface area contributed by atoms with Gasteiger partial charge in [-0.2, -0.15) is 5.26 Å². The third-order valence-corrected chi connectivity index (χ3v) is 5.46. The zero-order valence-corrected chi connectivity index (χ0v) is 17.5. The number of halogens is 1. The van der Waals surface area contributed by atoms with E-state index < -0.39 is 0 Å². The first-order chi connectivity index (χ1) is 15.6. The highest BCUT2D eigenvalue weighted by atomic mass is 19.1. The van der Waals surface area contributed by atoms with E-state index in [0.29, 0.717) is 17.0 Å². The van der Waals surface area contributed by atoms with E-state index in [0.717, 1.165) is 37.3 Å². The fourth-order valence-corrected chi connectivity index (χ4v) is 3.72. The number of piperidine rings is 1. The fraction of sp³-hybridized carbons (Fsp3) is 0.240. The molecule has 32 heavy (non-hydrogen) atoms. The van der Waals surface area contributed by atoms with Gasteiger partial charge in [-0.1, -0.05) is 18.2 Å². The van der Waals surface area contributed by atoms with Crippen molar-refractivity contribution >= 4 is 17.4 Å². The van der Waals surface area contributed by atoms with Crippen molar-refractivity contribution in [2.45, 2.75) is 19.4 Å². The van der Waals surface area contributed by atoms with E-state index in [1.54, 1.807) is 24.4 Å². The summed E-state index contributed by atoms with van der Waals surface area (Å²) < 4.78 is 18.9. The number of pyridine rings is 1. The highest BCUT2D eigenvalue weighted by Gasteiger charge is 2.25. The monoisotopic (exact) mass is 430 g/mol. The minimum absolute atomic E-state index is 0.000589. The Labute approximate surface area is 186 Å². The molecule has 1 saturated heterocycles. The summed E-state index contributed by atoms with van der Waals surface area (Å²) in [7, 11) is 0. The van der Waals surface area contributed by atoms with Crippen LogP contribution in [0.25, 0.3) is 0 Å². The number of benzene rings is 2. The molecule has 1 aliphatic heterocycles. The fourth-order valence-electron chi connectivity index (χ4n) is 3.72. The van der Waals surface area contributed by atoms with Gasteiger partial charge >= 0.3 is 0 Å². The van der Waals surface area contributed by atoms with Crippen molar-refractivity contribution in [3.05, 3.63) is 83.8 Å². The molecule has 7 heteroatoms. The molecule has 1 aromatic heterocycles. The lowest BCUT2D eigenvalue weighted by Gasteiger charge is -2.32. The molecule has 0 spiro atoms. The van der Waals surface area contributed by atoms with E-state index in [9.17, 15) is 9.18 Å². The number of nitrogens with one attached hydrogen (secondary N) is 1. The van der Waals surface area contributed by atoms with Crippen molar-refractivity contribution < 1.29 is 13.9 Å². The van der Waals surface area contributed by atoms with E-state index in [2.05, 4.69) is 21.3 Å². The Morgan fingerprint density at radius 2 is 1.97 bits per heavy atom. The zero-order valence-electron chi connectivity index (χ0n) is 17.5. The summed E-state index contributed by atoms with van der Waals surface area (Å²) >= 11 is 0. The number of nitrogens with zero attached hydrogens (tertiary/aromatic N) is 3. The van der Waals surface area contributed by atoms with Crippen LogP contribution < -0.4 is 15.0 Å². The van der Waals surface area contributed by atoms with Gasteiger partial charge in [-0.3, -0.25) is 4.79 Å². The van der Waals surface area contributed by atoms with E-state index in [4.69, 9.17) is 10.00 Å². The molecule has 1 aliphatic rings. The standard InChI is InChI=1S/C25H23FN4O2/c26-21-4-2-6-23(14-21)32-17-18-3-1-5-22(13-18)29-25(31)20-9-11-30(12-10-20)24-8-7-19(15-27)16-28-24/h1-8,13-14,16,20H,9-12,17H2,(H,29,31). The molecule has 0 unspecified atom stereocenters. The van der Waals surface area contributed by atoms with Crippen molar-refractivity contribution in [3.8, 4) is 11.8 Å². The molecular formula is C25H23FN4O2. The van der Waals surface area contributed by atoms with Crippen molar-refractivity contribution in [1.29, 1.82) is 5.26 Å². The van der Waals surface area contributed by atoms with E-state index >= 15 is 0 Å². The molecule has 0 saturated carbocycles. The van der Waals surface area contributed by atoms with Crippen LogP contribution in [0.4, 0.5) is 15.9 Å². The molecule has 1 N–H and O–H groups in total. The maximum absolute atomic E-state index is 13.3. The van der Waals surface area contributed by atoms with Crippen molar-refractivity contribution in [3.63, 3.8) is 0 Å². The van der Waals surface area contributed by atoms with Crippen LogP contribution in [0.3, 0.4) is 0 Å². The van der Waals surface area contributed by atoms with Crippen LogP contribution in [0, 0.1) is 23.1 Å². The Balaban J connectivity index is 1.29. The number of nitriles is 1. The second-order valence-electron chi connectivity index (χ2n) is 7.71. The van der Waals surface area contributed by atoms with Gasteiger partial charge in [-0.05, 0) is 54.8 Å². The van der Waals surface area contributed by atoms with Gasteiger partial charge < -0.3 is 15.0 Å². The van der Waals surface area contributed by atoms with Gasteiger partial charge in [-0.25, -0.2) is 9.37 Å². The lowest BCUT2D eigenvalue weighted by Crippen LogP contribution is -2.38. The molecule has 4 rings (SSSR count). The quantitative estimate of drug-likeness (QED) is 0.622. The Morgan fingerprint density at radius 1 is 1.16 bits per heavy atom. The first kappa shape index (κ1) is 21.3. The van der Waals surface area contributed by atoms with Crippen LogP contribution in [0.1, 0.15) is 24.0 Å². The summed E-state index contributed by atoms with van der Waals surface area (Å²) in [6, 6.07) is 19.2. The van der Waals surface area contributed by atoms with Gasteiger partial charge in [0, 0.05) is 37.0 Å². The summed E-state index contributed by atoms with van der Waals surface area (Å²) in [5.41, 5.74) is 2.13. The number of carbonyl (C=O) groups excluding carboxylic acids is 1. The molecule has 2 aromatic carbocycles. The Bertz CT molecular complexity index is 1120. The zero-order chi connectivity index (χ0) is 22.3. The lowest BCUT2D eigenvalue weighted by molar-refractivity contribution is -0.120. The molecule has 0 atom stereocenters. The van der Waals surface area contributed by atoms with E-state index in [1.807, 2.05) is 30.3 Å². The van der Waals surface area contributed by atoms with Gasteiger partial charge in [0.1, 0.15) is 30.1 Å². The maximum Gasteiger partial charge on any atom is 0.227 e.